The van der Waals surface area contributed by atoms with Gasteiger partial charge in [-0.3, -0.25) is 0 Å². The molecule has 0 saturated carbocycles. The van der Waals surface area contributed by atoms with Gasteiger partial charge in [-0.05, 0) is 18.6 Å². The minimum absolute atomic E-state index is 1.09. The predicted octanol–water partition coefficient (Wildman–Crippen LogP) is 2.27. The van der Waals surface area contributed by atoms with Crippen molar-refractivity contribution in [1.29, 1.82) is 0 Å². The van der Waals surface area contributed by atoms with Gasteiger partial charge in [0.1, 0.15) is 0 Å². The summed E-state index contributed by atoms with van der Waals surface area (Å²) >= 11 is 3.38. The molecule has 0 aliphatic rings. The molecule has 0 bridgehead atoms. The highest BCUT2D eigenvalue weighted by Gasteiger charge is 1.85. The van der Waals surface area contributed by atoms with E-state index in [0.717, 1.165) is 11.9 Å². The number of rotatable bonds is 3. The summed E-state index contributed by atoms with van der Waals surface area (Å²) in [5.74, 6) is 0. The van der Waals surface area contributed by atoms with Gasteiger partial charge >= 0.3 is 0 Å². The van der Waals surface area contributed by atoms with Gasteiger partial charge in [0.2, 0.25) is 0 Å². The topological polar surface area (TPSA) is 4.93 Å². The third-order valence-electron chi connectivity index (χ3n) is 1.22. The second-order valence-electron chi connectivity index (χ2n) is 1.96. The molecular formula is C7H10BrN. The van der Waals surface area contributed by atoms with E-state index in [2.05, 4.69) is 32.9 Å². The molecule has 50 valence electrons. The van der Waals surface area contributed by atoms with Crippen molar-refractivity contribution < 1.29 is 0 Å². The maximum absolute atomic E-state index is 3.38. The van der Waals surface area contributed by atoms with Crippen LogP contribution in [0.5, 0.6) is 0 Å². The smallest absolute Gasteiger partial charge is 0.0227 e. The molecule has 0 aliphatic carbocycles. The Morgan fingerprint density at radius 3 is 2.44 bits per heavy atom. The van der Waals surface area contributed by atoms with Gasteiger partial charge in [-0.15, -0.1) is 0 Å². The third kappa shape index (κ3) is 2.22. The summed E-state index contributed by atoms with van der Waals surface area (Å²) in [6.45, 7) is 1.12. The summed E-state index contributed by atoms with van der Waals surface area (Å²) < 4.78 is 2.18. The third-order valence-corrected chi connectivity index (χ3v) is 1.78. The molecule has 9 heavy (non-hydrogen) atoms. The molecule has 1 nitrogen and oxygen atoms in total. The lowest BCUT2D eigenvalue weighted by molar-refractivity contribution is 0.690. The van der Waals surface area contributed by atoms with Crippen LogP contribution in [0.15, 0.2) is 24.5 Å². The summed E-state index contributed by atoms with van der Waals surface area (Å²) in [6.07, 6.45) is 5.38. The van der Waals surface area contributed by atoms with Gasteiger partial charge in [0.05, 0.1) is 0 Å². The lowest BCUT2D eigenvalue weighted by atomic mass is 10.5. The monoisotopic (exact) mass is 187 g/mol. The van der Waals surface area contributed by atoms with E-state index in [1.807, 2.05) is 12.1 Å². The lowest BCUT2D eigenvalue weighted by Crippen LogP contribution is -1.93. The first-order chi connectivity index (χ1) is 4.43. The van der Waals surface area contributed by atoms with Crippen LogP contribution in [0.25, 0.3) is 0 Å². The maximum Gasteiger partial charge on any atom is 0.0227 e. The molecule has 1 aromatic rings. The number of nitrogens with zero attached hydrogens (tertiary/aromatic N) is 1. The zero-order valence-corrected chi connectivity index (χ0v) is 6.84. The Kier molecular flexibility index (Phi) is 2.84. The second kappa shape index (κ2) is 3.72. The standard InChI is InChI=1S/C7H10BrN/c8-4-3-7-9-5-1-2-6-9/h1-2,5-6H,3-4,7H2. The fourth-order valence-electron chi connectivity index (χ4n) is 0.762. The van der Waals surface area contributed by atoms with Crippen molar-refractivity contribution in [3.8, 4) is 0 Å². The van der Waals surface area contributed by atoms with Crippen molar-refractivity contribution in [3.63, 3.8) is 0 Å². The number of aryl methyl sites for hydroxylation is 1. The van der Waals surface area contributed by atoms with Crippen molar-refractivity contribution >= 4 is 15.9 Å². The highest BCUT2D eigenvalue weighted by atomic mass is 79.9. The van der Waals surface area contributed by atoms with Gasteiger partial charge in [-0.1, -0.05) is 15.9 Å². The first-order valence-corrected chi connectivity index (χ1v) is 4.22. The molecular weight excluding hydrogens is 178 g/mol. The number of aromatic nitrogens is 1. The van der Waals surface area contributed by atoms with Crippen LogP contribution in [-0.2, 0) is 6.54 Å². The molecule has 1 rings (SSSR count). The van der Waals surface area contributed by atoms with Gasteiger partial charge in [0.25, 0.3) is 0 Å². The van der Waals surface area contributed by atoms with Gasteiger partial charge in [0, 0.05) is 24.3 Å². The van der Waals surface area contributed by atoms with Crippen molar-refractivity contribution in [2.24, 2.45) is 0 Å². The van der Waals surface area contributed by atoms with E-state index in [4.69, 9.17) is 0 Å². The predicted molar refractivity (Wildman–Crippen MR) is 42.8 cm³/mol. The molecule has 0 aliphatic heterocycles. The Morgan fingerprint density at radius 2 is 1.89 bits per heavy atom. The van der Waals surface area contributed by atoms with Gasteiger partial charge in [-0.25, -0.2) is 0 Å². The Labute approximate surface area is 63.8 Å². The van der Waals surface area contributed by atoms with Crippen LogP contribution in [0.1, 0.15) is 6.42 Å². The fraction of sp³-hybridized carbons (Fsp3) is 0.429. The Hall–Kier alpha value is -0.240. The van der Waals surface area contributed by atoms with Crippen LogP contribution < -0.4 is 0 Å². The minimum Gasteiger partial charge on any atom is -0.354 e. The number of alkyl halides is 1. The van der Waals surface area contributed by atoms with E-state index >= 15 is 0 Å². The van der Waals surface area contributed by atoms with Crippen LogP contribution in [0.4, 0.5) is 0 Å². The van der Waals surface area contributed by atoms with E-state index in [0.29, 0.717) is 0 Å². The molecule has 0 aromatic carbocycles. The lowest BCUT2D eigenvalue weighted by Gasteiger charge is -1.97. The SMILES string of the molecule is BrCCCn1cccc1. The molecule has 1 heterocycles. The molecule has 0 saturated heterocycles. The van der Waals surface area contributed by atoms with Crippen molar-refractivity contribution in [2.75, 3.05) is 5.33 Å². The van der Waals surface area contributed by atoms with E-state index in [-0.39, 0.29) is 0 Å². The summed E-state index contributed by atoms with van der Waals surface area (Å²) in [5, 5.41) is 1.09. The normalized spacial score (nSPS) is 9.89. The number of hydrogen-bond acceptors (Lipinski definition) is 0. The van der Waals surface area contributed by atoms with Crippen molar-refractivity contribution in [2.45, 2.75) is 13.0 Å². The van der Waals surface area contributed by atoms with E-state index < -0.39 is 0 Å². The van der Waals surface area contributed by atoms with Crippen LogP contribution in [-0.4, -0.2) is 9.90 Å². The highest BCUT2D eigenvalue weighted by Crippen LogP contribution is 1.94. The summed E-state index contributed by atoms with van der Waals surface area (Å²) in [4.78, 5) is 0. The molecule has 0 amide bonds. The molecule has 0 radical (unpaired) electrons. The quantitative estimate of drug-likeness (QED) is 0.641. The molecule has 1 aromatic heterocycles. The van der Waals surface area contributed by atoms with Crippen molar-refractivity contribution in [1.82, 2.24) is 4.57 Å². The fourth-order valence-corrected chi connectivity index (χ4v) is 1.01. The average molecular weight is 188 g/mol. The largest absolute Gasteiger partial charge is 0.354 e. The number of hydrogen-bond donors (Lipinski definition) is 0. The van der Waals surface area contributed by atoms with Gasteiger partial charge < -0.3 is 4.57 Å². The van der Waals surface area contributed by atoms with Crippen LogP contribution in [0.2, 0.25) is 0 Å². The molecule has 0 unspecified atom stereocenters. The van der Waals surface area contributed by atoms with Crippen LogP contribution in [0.3, 0.4) is 0 Å². The summed E-state index contributed by atoms with van der Waals surface area (Å²) in [6, 6.07) is 4.10. The van der Waals surface area contributed by atoms with Gasteiger partial charge in [0.15, 0.2) is 0 Å². The Morgan fingerprint density at radius 1 is 1.22 bits per heavy atom. The zero-order chi connectivity index (χ0) is 6.53. The van der Waals surface area contributed by atoms with Crippen LogP contribution in [0, 0.1) is 0 Å². The maximum atomic E-state index is 3.38. The molecule has 0 fully saturated rings. The number of halogens is 1. The second-order valence-corrected chi connectivity index (χ2v) is 2.76. The first-order valence-electron chi connectivity index (χ1n) is 3.10. The van der Waals surface area contributed by atoms with Crippen LogP contribution >= 0.6 is 15.9 Å². The Balaban J connectivity index is 2.30. The zero-order valence-electron chi connectivity index (χ0n) is 5.26. The first kappa shape index (κ1) is 6.87. The van der Waals surface area contributed by atoms with E-state index in [1.165, 1.54) is 6.42 Å². The Bertz CT molecular complexity index is 146. The van der Waals surface area contributed by atoms with Gasteiger partial charge in [-0.2, -0.15) is 0 Å². The van der Waals surface area contributed by atoms with E-state index in [1.54, 1.807) is 0 Å². The summed E-state index contributed by atoms with van der Waals surface area (Å²) in [5.41, 5.74) is 0. The summed E-state index contributed by atoms with van der Waals surface area (Å²) in [7, 11) is 0. The average Bonchev–Trinajstić information content (AvgIpc) is 2.34. The van der Waals surface area contributed by atoms with E-state index in [9.17, 15) is 0 Å². The molecule has 0 atom stereocenters. The molecule has 0 N–H and O–H groups in total. The highest BCUT2D eigenvalue weighted by molar-refractivity contribution is 9.09. The molecule has 2 heteroatoms. The molecule has 0 spiro atoms. The van der Waals surface area contributed by atoms with Crippen molar-refractivity contribution in [3.05, 3.63) is 24.5 Å². The minimum atomic E-state index is 1.09.